The Morgan fingerprint density at radius 3 is 3.04 bits per heavy atom. The van der Waals surface area contributed by atoms with Crippen molar-refractivity contribution in [2.45, 2.75) is 25.4 Å². The molecule has 2 aromatic carbocycles. The highest BCUT2D eigenvalue weighted by atomic mass is 32.1. The van der Waals surface area contributed by atoms with Gasteiger partial charge < -0.3 is 15.3 Å². The van der Waals surface area contributed by atoms with Crippen LogP contribution in [0.1, 0.15) is 24.0 Å². The summed E-state index contributed by atoms with van der Waals surface area (Å²) in [6.07, 6.45) is 3.67. The maximum Gasteiger partial charge on any atom is 0.322 e. The lowest BCUT2D eigenvalue weighted by Crippen LogP contribution is -2.40. The summed E-state index contributed by atoms with van der Waals surface area (Å²) >= 11 is 1.76. The quantitative estimate of drug-likeness (QED) is 0.691. The molecule has 1 aromatic heterocycles. The molecule has 142 valence electrons. The van der Waals surface area contributed by atoms with Crippen molar-refractivity contribution in [2.75, 3.05) is 18.5 Å². The molecule has 3 heterocycles. The van der Waals surface area contributed by atoms with E-state index in [2.05, 4.69) is 46.7 Å². The number of anilines is 1. The Kier molecular flexibility index (Phi) is 4.37. The molecule has 0 spiro atoms. The SMILES string of the molecule is O=C(Nc1cc2c(c(-c3cc4ccccc4s3)c1)CN=C2)N1CCC[C@H]1CO. The van der Waals surface area contributed by atoms with Gasteiger partial charge in [-0.2, -0.15) is 0 Å². The average molecular weight is 391 g/mol. The molecule has 28 heavy (non-hydrogen) atoms. The third-order valence-corrected chi connectivity index (χ3v) is 6.70. The van der Waals surface area contributed by atoms with E-state index in [1.807, 2.05) is 12.3 Å². The normalized spacial score (nSPS) is 18.0. The average Bonchev–Trinajstić information content (AvgIpc) is 3.44. The first-order valence-corrected chi connectivity index (χ1v) is 10.4. The third-order valence-electron chi connectivity index (χ3n) is 5.56. The molecule has 0 radical (unpaired) electrons. The largest absolute Gasteiger partial charge is 0.394 e. The molecule has 1 saturated heterocycles. The van der Waals surface area contributed by atoms with Crippen molar-refractivity contribution in [3.8, 4) is 10.4 Å². The van der Waals surface area contributed by atoms with Crippen molar-refractivity contribution in [3.05, 3.63) is 53.6 Å². The van der Waals surface area contributed by atoms with Gasteiger partial charge in [0, 0.05) is 33.6 Å². The number of likely N-dealkylation sites (tertiary alicyclic amines) is 1. The summed E-state index contributed by atoms with van der Waals surface area (Å²) in [4.78, 5) is 20.1. The number of fused-ring (bicyclic) bond motifs is 2. The van der Waals surface area contributed by atoms with Crippen molar-refractivity contribution in [2.24, 2.45) is 4.99 Å². The Morgan fingerprint density at radius 2 is 2.18 bits per heavy atom. The second kappa shape index (κ2) is 7.04. The molecule has 2 aliphatic heterocycles. The number of thiophene rings is 1. The van der Waals surface area contributed by atoms with Crippen molar-refractivity contribution >= 4 is 39.4 Å². The minimum atomic E-state index is -0.145. The van der Waals surface area contributed by atoms with Gasteiger partial charge >= 0.3 is 6.03 Å². The van der Waals surface area contributed by atoms with E-state index in [1.165, 1.54) is 20.5 Å². The van der Waals surface area contributed by atoms with Gasteiger partial charge in [-0.15, -0.1) is 11.3 Å². The number of benzene rings is 2. The highest BCUT2D eigenvalue weighted by Gasteiger charge is 2.28. The number of hydrogen-bond acceptors (Lipinski definition) is 4. The van der Waals surface area contributed by atoms with Crippen molar-refractivity contribution in [1.29, 1.82) is 0 Å². The van der Waals surface area contributed by atoms with Crippen molar-refractivity contribution in [1.82, 2.24) is 4.90 Å². The van der Waals surface area contributed by atoms with Crippen LogP contribution in [0.25, 0.3) is 20.5 Å². The topological polar surface area (TPSA) is 64.9 Å². The van der Waals surface area contributed by atoms with Gasteiger partial charge in [0.2, 0.25) is 0 Å². The molecular formula is C22H21N3O2S. The highest BCUT2D eigenvalue weighted by molar-refractivity contribution is 7.22. The fraction of sp³-hybridized carbons (Fsp3) is 0.273. The number of aliphatic imine (C=N–C) groups is 1. The van der Waals surface area contributed by atoms with Crippen LogP contribution >= 0.6 is 11.3 Å². The van der Waals surface area contributed by atoms with Crippen LogP contribution in [0, 0.1) is 0 Å². The molecule has 1 atom stereocenters. The van der Waals surface area contributed by atoms with E-state index in [0.717, 1.165) is 29.7 Å². The molecule has 0 unspecified atom stereocenters. The molecule has 2 amide bonds. The number of aliphatic hydroxyl groups excluding tert-OH is 1. The summed E-state index contributed by atoms with van der Waals surface area (Å²) in [7, 11) is 0. The van der Waals surface area contributed by atoms with Crippen LogP contribution in [0.5, 0.6) is 0 Å². The molecule has 1 fully saturated rings. The van der Waals surface area contributed by atoms with E-state index >= 15 is 0 Å². The summed E-state index contributed by atoms with van der Waals surface area (Å²) in [6.45, 7) is 1.37. The molecule has 5 rings (SSSR count). The smallest absolute Gasteiger partial charge is 0.322 e. The zero-order valence-electron chi connectivity index (χ0n) is 15.4. The number of nitrogens with zero attached hydrogens (tertiary/aromatic N) is 2. The molecule has 0 saturated carbocycles. The Hall–Kier alpha value is -2.70. The molecular weight excluding hydrogens is 370 g/mol. The van der Waals surface area contributed by atoms with Gasteiger partial charge in [0.1, 0.15) is 0 Å². The number of aliphatic hydroxyl groups is 1. The predicted octanol–water partition coefficient (Wildman–Crippen LogP) is 4.49. The molecule has 6 heteroatoms. The van der Waals surface area contributed by atoms with Gasteiger partial charge in [0.05, 0.1) is 19.2 Å². The molecule has 3 aromatic rings. The Morgan fingerprint density at radius 1 is 1.29 bits per heavy atom. The second-order valence-corrected chi connectivity index (χ2v) is 8.40. The van der Waals surface area contributed by atoms with E-state index in [1.54, 1.807) is 16.2 Å². The number of rotatable bonds is 3. The first-order chi connectivity index (χ1) is 13.7. The van der Waals surface area contributed by atoms with Crippen LogP contribution < -0.4 is 5.32 Å². The molecule has 0 aliphatic carbocycles. The third kappa shape index (κ3) is 2.99. The zero-order chi connectivity index (χ0) is 19.1. The van der Waals surface area contributed by atoms with Gasteiger partial charge in [-0.1, -0.05) is 18.2 Å². The number of hydrogen-bond donors (Lipinski definition) is 2. The molecule has 2 N–H and O–H groups in total. The first kappa shape index (κ1) is 17.4. The lowest BCUT2D eigenvalue weighted by atomic mass is 10.0. The van der Waals surface area contributed by atoms with Crippen LogP contribution in [0.4, 0.5) is 10.5 Å². The van der Waals surface area contributed by atoms with E-state index < -0.39 is 0 Å². The van der Waals surface area contributed by atoms with E-state index in [9.17, 15) is 9.90 Å². The van der Waals surface area contributed by atoms with Gasteiger partial charge in [-0.3, -0.25) is 4.99 Å². The number of carbonyl (C=O) groups excluding carboxylic acids is 1. The summed E-state index contributed by atoms with van der Waals surface area (Å²) in [5.74, 6) is 0. The van der Waals surface area contributed by atoms with Crippen LogP contribution in [0.3, 0.4) is 0 Å². The van der Waals surface area contributed by atoms with Crippen molar-refractivity contribution in [3.63, 3.8) is 0 Å². The summed E-state index contributed by atoms with van der Waals surface area (Å²) in [5.41, 5.74) is 4.17. The number of carbonyl (C=O) groups is 1. The standard InChI is InChI=1S/C22H21N3O2S/c26-13-17-5-3-7-25(17)22(27)24-16-8-15-11-23-12-19(15)18(10-16)21-9-14-4-1-2-6-20(14)28-21/h1-2,4,6,8-11,17,26H,3,5,7,12-13H2,(H,24,27)/t17-/m0/s1. The number of amides is 2. The Balaban J connectivity index is 1.51. The lowest BCUT2D eigenvalue weighted by molar-refractivity contribution is 0.166. The molecule has 2 aliphatic rings. The summed E-state index contributed by atoms with van der Waals surface area (Å²) in [5, 5.41) is 13.8. The fourth-order valence-corrected chi connectivity index (χ4v) is 5.22. The van der Waals surface area contributed by atoms with Gasteiger partial charge in [-0.05, 0) is 53.6 Å². The van der Waals surface area contributed by atoms with Gasteiger partial charge in [-0.25, -0.2) is 4.79 Å². The van der Waals surface area contributed by atoms with Crippen molar-refractivity contribution < 1.29 is 9.90 Å². The number of nitrogens with one attached hydrogen (secondary N) is 1. The lowest BCUT2D eigenvalue weighted by Gasteiger charge is -2.23. The summed E-state index contributed by atoms with van der Waals surface area (Å²) < 4.78 is 1.25. The van der Waals surface area contributed by atoms with Crippen LogP contribution in [0.15, 0.2) is 47.5 Å². The maximum atomic E-state index is 12.7. The van der Waals surface area contributed by atoms with Gasteiger partial charge in [0.25, 0.3) is 0 Å². The van der Waals surface area contributed by atoms with Crippen LogP contribution in [0.2, 0.25) is 0 Å². The van der Waals surface area contributed by atoms with Gasteiger partial charge in [0.15, 0.2) is 0 Å². The van der Waals surface area contributed by atoms with E-state index in [-0.39, 0.29) is 18.7 Å². The Bertz CT molecular complexity index is 1060. The monoisotopic (exact) mass is 391 g/mol. The molecule has 5 nitrogen and oxygen atoms in total. The van der Waals surface area contributed by atoms with E-state index in [0.29, 0.717) is 13.1 Å². The summed E-state index contributed by atoms with van der Waals surface area (Å²) in [6, 6.07) is 14.4. The second-order valence-electron chi connectivity index (χ2n) is 7.31. The van der Waals surface area contributed by atoms with E-state index in [4.69, 9.17) is 0 Å². The molecule has 0 bridgehead atoms. The van der Waals surface area contributed by atoms with Crippen LogP contribution in [-0.4, -0.2) is 41.4 Å². The minimum Gasteiger partial charge on any atom is -0.394 e. The number of urea groups is 1. The zero-order valence-corrected chi connectivity index (χ0v) is 16.2. The minimum absolute atomic E-state index is 0.0112. The maximum absolute atomic E-state index is 12.7. The highest BCUT2D eigenvalue weighted by Crippen LogP contribution is 2.39. The first-order valence-electron chi connectivity index (χ1n) is 9.57. The van der Waals surface area contributed by atoms with Crippen LogP contribution in [-0.2, 0) is 6.54 Å². The fourth-order valence-electron chi connectivity index (χ4n) is 4.12. The Labute approximate surface area is 167 Å². The predicted molar refractivity (Wildman–Crippen MR) is 114 cm³/mol.